The molecule has 0 saturated carbocycles. The van der Waals surface area contributed by atoms with E-state index in [1.165, 1.54) is 18.5 Å². The Bertz CT molecular complexity index is 842. The summed E-state index contributed by atoms with van der Waals surface area (Å²) in [6.07, 6.45) is 2.73. The number of anilines is 2. The molecule has 2 aliphatic rings. The summed E-state index contributed by atoms with van der Waals surface area (Å²) < 4.78 is 0. The molecule has 2 heterocycles. The summed E-state index contributed by atoms with van der Waals surface area (Å²) in [6.45, 7) is 5.43. The number of carbonyl (C=O) groups is 2. The van der Waals surface area contributed by atoms with Crippen molar-refractivity contribution in [3.05, 3.63) is 60.2 Å². The third-order valence-electron chi connectivity index (χ3n) is 6.12. The Morgan fingerprint density at radius 3 is 2.34 bits per heavy atom. The topological polar surface area (TPSA) is 52.6 Å². The second kappa shape index (κ2) is 8.68. The average Bonchev–Trinajstić information content (AvgIpc) is 3.15. The van der Waals surface area contributed by atoms with E-state index in [1.807, 2.05) is 42.5 Å². The Morgan fingerprint density at radius 2 is 1.66 bits per heavy atom. The van der Waals surface area contributed by atoms with Gasteiger partial charge in [0.25, 0.3) is 0 Å². The van der Waals surface area contributed by atoms with E-state index in [4.69, 9.17) is 0 Å². The molecule has 2 aromatic carbocycles. The normalized spacial score (nSPS) is 20.2. The summed E-state index contributed by atoms with van der Waals surface area (Å²) in [5.74, 6) is 0.473. The standard InChI is InChI=1S/C24H29N3O2/c1-18-11-13-26(14-12-18)21-7-9-22(10-8-21)27-17-20(15-23(27)28)24(29)25-16-19-5-3-2-4-6-19/h2-10,18,20H,11-17H2,1H3,(H,25,29). The number of hydrogen-bond acceptors (Lipinski definition) is 3. The number of benzene rings is 2. The molecule has 29 heavy (non-hydrogen) atoms. The van der Waals surface area contributed by atoms with E-state index in [2.05, 4.69) is 29.3 Å². The van der Waals surface area contributed by atoms with Gasteiger partial charge < -0.3 is 15.1 Å². The highest BCUT2D eigenvalue weighted by molar-refractivity contribution is 6.00. The van der Waals surface area contributed by atoms with Crippen LogP contribution in [0.15, 0.2) is 54.6 Å². The van der Waals surface area contributed by atoms with Crippen LogP contribution >= 0.6 is 0 Å². The highest BCUT2D eigenvalue weighted by Gasteiger charge is 2.35. The molecule has 0 aromatic heterocycles. The number of hydrogen-bond donors (Lipinski definition) is 1. The van der Waals surface area contributed by atoms with Gasteiger partial charge in [-0.15, -0.1) is 0 Å². The van der Waals surface area contributed by atoms with Crippen LogP contribution in [0.1, 0.15) is 31.7 Å². The lowest BCUT2D eigenvalue weighted by Crippen LogP contribution is -2.33. The van der Waals surface area contributed by atoms with Crippen LogP contribution in [0, 0.1) is 11.8 Å². The summed E-state index contributed by atoms with van der Waals surface area (Å²) in [4.78, 5) is 29.2. The molecule has 1 atom stereocenters. The quantitative estimate of drug-likeness (QED) is 0.847. The van der Waals surface area contributed by atoms with Crippen LogP contribution < -0.4 is 15.1 Å². The number of amides is 2. The first-order valence-corrected chi connectivity index (χ1v) is 10.6. The first-order chi connectivity index (χ1) is 14.1. The molecular weight excluding hydrogens is 362 g/mol. The number of rotatable bonds is 5. The maximum Gasteiger partial charge on any atom is 0.227 e. The Hall–Kier alpha value is -2.82. The van der Waals surface area contributed by atoms with Gasteiger partial charge in [0.1, 0.15) is 0 Å². The van der Waals surface area contributed by atoms with Crippen molar-refractivity contribution in [1.29, 1.82) is 0 Å². The summed E-state index contributed by atoms with van der Waals surface area (Å²) >= 11 is 0. The van der Waals surface area contributed by atoms with Gasteiger partial charge in [0.2, 0.25) is 11.8 Å². The van der Waals surface area contributed by atoms with Gasteiger partial charge in [-0.1, -0.05) is 37.3 Å². The van der Waals surface area contributed by atoms with Crippen LogP contribution in [0.4, 0.5) is 11.4 Å². The first-order valence-electron chi connectivity index (χ1n) is 10.6. The summed E-state index contributed by atoms with van der Waals surface area (Å²) in [5.41, 5.74) is 3.15. The molecule has 1 N–H and O–H groups in total. The minimum absolute atomic E-state index is 0.0180. The fourth-order valence-corrected chi connectivity index (χ4v) is 4.17. The van der Waals surface area contributed by atoms with Crippen molar-refractivity contribution in [1.82, 2.24) is 5.32 Å². The van der Waals surface area contributed by atoms with Crippen molar-refractivity contribution in [2.75, 3.05) is 29.4 Å². The van der Waals surface area contributed by atoms with Crippen molar-refractivity contribution in [2.24, 2.45) is 11.8 Å². The molecule has 5 nitrogen and oxygen atoms in total. The van der Waals surface area contributed by atoms with Gasteiger partial charge in [-0.2, -0.15) is 0 Å². The van der Waals surface area contributed by atoms with Crippen molar-refractivity contribution in [2.45, 2.75) is 32.7 Å². The molecule has 4 rings (SSSR count). The monoisotopic (exact) mass is 391 g/mol. The average molecular weight is 392 g/mol. The molecule has 152 valence electrons. The van der Waals surface area contributed by atoms with Gasteiger partial charge in [0, 0.05) is 44.0 Å². The maximum absolute atomic E-state index is 12.5. The molecule has 2 saturated heterocycles. The largest absolute Gasteiger partial charge is 0.372 e. The van der Waals surface area contributed by atoms with E-state index in [0.29, 0.717) is 13.1 Å². The zero-order valence-electron chi connectivity index (χ0n) is 17.0. The van der Waals surface area contributed by atoms with Crippen molar-refractivity contribution >= 4 is 23.2 Å². The van der Waals surface area contributed by atoms with Crippen LogP contribution in [0.2, 0.25) is 0 Å². The second-order valence-electron chi connectivity index (χ2n) is 8.29. The van der Waals surface area contributed by atoms with Crippen LogP contribution in [-0.4, -0.2) is 31.4 Å². The summed E-state index contributed by atoms with van der Waals surface area (Å²) in [7, 11) is 0. The van der Waals surface area contributed by atoms with Gasteiger partial charge in [-0.05, 0) is 48.6 Å². The van der Waals surface area contributed by atoms with E-state index in [-0.39, 0.29) is 24.2 Å². The number of nitrogens with zero attached hydrogens (tertiary/aromatic N) is 2. The Morgan fingerprint density at radius 1 is 1.00 bits per heavy atom. The van der Waals surface area contributed by atoms with E-state index >= 15 is 0 Å². The lowest BCUT2D eigenvalue weighted by Gasteiger charge is -2.32. The van der Waals surface area contributed by atoms with E-state index < -0.39 is 0 Å². The SMILES string of the molecule is CC1CCN(c2ccc(N3CC(C(=O)NCc4ccccc4)CC3=O)cc2)CC1. The van der Waals surface area contributed by atoms with Crippen LogP contribution in [0.3, 0.4) is 0 Å². The number of nitrogens with one attached hydrogen (secondary N) is 1. The third kappa shape index (κ3) is 4.61. The molecule has 0 radical (unpaired) electrons. The van der Waals surface area contributed by atoms with Gasteiger partial charge in [-0.25, -0.2) is 0 Å². The van der Waals surface area contributed by atoms with Crippen molar-refractivity contribution < 1.29 is 9.59 Å². The smallest absolute Gasteiger partial charge is 0.227 e. The van der Waals surface area contributed by atoms with E-state index in [9.17, 15) is 9.59 Å². The van der Waals surface area contributed by atoms with Crippen molar-refractivity contribution in [3.8, 4) is 0 Å². The highest BCUT2D eigenvalue weighted by atomic mass is 16.2. The molecule has 2 aromatic rings. The lowest BCUT2D eigenvalue weighted by molar-refractivity contribution is -0.126. The third-order valence-corrected chi connectivity index (χ3v) is 6.12. The molecule has 2 fully saturated rings. The molecule has 0 bridgehead atoms. The van der Waals surface area contributed by atoms with Crippen LogP contribution in [0.25, 0.3) is 0 Å². The predicted molar refractivity (Wildman–Crippen MR) is 116 cm³/mol. The van der Waals surface area contributed by atoms with E-state index in [0.717, 1.165) is 30.3 Å². The molecule has 5 heteroatoms. The Balaban J connectivity index is 1.34. The van der Waals surface area contributed by atoms with Gasteiger partial charge in [-0.3, -0.25) is 9.59 Å². The van der Waals surface area contributed by atoms with Crippen LogP contribution in [0.5, 0.6) is 0 Å². The molecular formula is C24H29N3O2. The molecule has 2 amide bonds. The van der Waals surface area contributed by atoms with Crippen molar-refractivity contribution in [3.63, 3.8) is 0 Å². The molecule has 0 spiro atoms. The first kappa shape index (κ1) is 19.5. The zero-order valence-corrected chi connectivity index (χ0v) is 17.0. The Kier molecular flexibility index (Phi) is 5.84. The lowest BCUT2D eigenvalue weighted by atomic mass is 9.99. The van der Waals surface area contributed by atoms with Gasteiger partial charge in [0.15, 0.2) is 0 Å². The minimum Gasteiger partial charge on any atom is -0.372 e. The summed E-state index contributed by atoms with van der Waals surface area (Å²) in [5, 5.41) is 2.96. The predicted octanol–water partition coefficient (Wildman–Crippen LogP) is 3.59. The minimum atomic E-state index is -0.297. The fraction of sp³-hybridized carbons (Fsp3) is 0.417. The summed E-state index contributed by atoms with van der Waals surface area (Å²) in [6, 6.07) is 18.0. The zero-order chi connectivity index (χ0) is 20.2. The van der Waals surface area contributed by atoms with Gasteiger partial charge in [0.05, 0.1) is 5.92 Å². The molecule has 2 aliphatic heterocycles. The van der Waals surface area contributed by atoms with Gasteiger partial charge >= 0.3 is 0 Å². The van der Waals surface area contributed by atoms with Crippen LogP contribution in [-0.2, 0) is 16.1 Å². The maximum atomic E-state index is 12.5. The number of carbonyl (C=O) groups excluding carboxylic acids is 2. The highest BCUT2D eigenvalue weighted by Crippen LogP contribution is 2.29. The Labute approximate surface area is 172 Å². The molecule has 1 unspecified atom stereocenters. The van der Waals surface area contributed by atoms with E-state index in [1.54, 1.807) is 4.90 Å². The fourth-order valence-electron chi connectivity index (χ4n) is 4.17. The molecule has 0 aliphatic carbocycles. The second-order valence-corrected chi connectivity index (χ2v) is 8.29. The number of piperidine rings is 1.